The van der Waals surface area contributed by atoms with E-state index >= 15 is 0 Å². The van der Waals surface area contributed by atoms with E-state index in [1.807, 2.05) is 37.2 Å². The van der Waals surface area contributed by atoms with Crippen molar-refractivity contribution in [1.29, 1.82) is 0 Å². The number of hydrogen-bond donors (Lipinski definition) is 1. The number of fused-ring (bicyclic) bond motifs is 1. The third kappa shape index (κ3) is 5.01. The lowest BCUT2D eigenvalue weighted by molar-refractivity contribution is 0.419. The van der Waals surface area contributed by atoms with Gasteiger partial charge in [0.1, 0.15) is 11.0 Å². The molecule has 1 aliphatic rings. The van der Waals surface area contributed by atoms with Crippen molar-refractivity contribution in [3.05, 3.63) is 58.2 Å². The van der Waals surface area contributed by atoms with Crippen molar-refractivity contribution < 1.29 is 8.42 Å². The van der Waals surface area contributed by atoms with Crippen LogP contribution in [0, 0.1) is 0 Å². The van der Waals surface area contributed by atoms with Gasteiger partial charge in [-0.2, -0.15) is 0 Å². The zero-order valence-corrected chi connectivity index (χ0v) is 19.8. The topological polar surface area (TPSA) is 78.4 Å². The van der Waals surface area contributed by atoms with Gasteiger partial charge in [0.2, 0.25) is 0 Å². The molecule has 3 aromatic rings. The molecule has 0 bridgehead atoms. The molecule has 0 saturated heterocycles. The van der Waals surface area contributed by atoms with Crippen molar-refractivity contribution in [2.75, 3.05) is 36.8 Å². The molecule has 4 rings (SSSR count). The number of aryl methyl sites for hydroxylation is 2. The first-order valence-corrected chi connectivity index (χ1v) is 12.6. The standard InChI is InChI=1S/C21H24ClN5O2S2/c1-26(2)11-12-27(15-7-4-3-5-8-15)31(28,29)16-13-19(22)24-20(14-16)25-21-23-17-9-6-10-18(17)30-21/h3-5,7-8,13-14H,6,9-12H2,1-2H3,(H,23,24,25). The average Bonchev–Trinajstić information content (AvgIpc) is 3.30. The van der Waals surface area contributed by atoms with E-state index in [-0.39, 0.29) is 10.0 Å². The summed E-state index contributed by atoms with van der Waals surface area (Å²) in [5.41, 5.74) is 1.71. The Labute approximate surface area is 191 Å². The average molecular weight is 478 g/mol. The van der Waals surface area contributed by atoms with Crippen LogP contribution in [-0.2, 0) is 22.9 Å². The number of anilines is 3. The van der Waals surface area contributed by atoms with Gasteiger partial charge in [-0.1, -0.05) is 29.8 Å². The van der Waals surface area contributed by atoms with Gasteiger partial charge in [0.05, 0.1) is 16.3 Å². The summed E-state index contributed by atoms with van der Waals surface area (Å²) in [7, 11) is -0.0398. The third-order valence-electron chi connectivity index (χ3n) is 4.98. The maximum absolute atomic E-state index is 13.6. The Morgan fingerprint density at radius 1 is 1.10 bits per heavy atom. The minimum atomic E-state index is -3.86. The SMILES string of the molecule is CN(C)CCN(c1ccccc1)S(=O)(=O)c1cc(Cl)nc(Nc2nc3c(s2)CCC3)c1. The largest absolute Gasteiger partial charge is 0.316 e. The fraction of sp³-hybridized carbons (Fsp3) is 0.333. The predicted octanol–water partition coefficient (Wildman–Crippen LogP) is 4.18. The second kappa shape index (κ2) is 9.12. The molecule has 10 heteroatoms. The van der Waals surface area contributed by atoms with Gasteiger partial charge < -0.3 is 10.2 Å². The summed E-state index contributed by atoms with van der Waals surface area (Å²) in [5.74, 6) is 0.360. The van der Waals surface area contributed by atoms with Crippen LogP contribution in [0.5, 0.6) is 0 Å². The maximum Gasteiger partial charge on any atom is 0.264 e. The summed E-state index contributed by atoms with van der Waals surface area (Å²) in [5, 5.41) is 3.95. The second-order valence-electron chi connectivity index (χ2n) is 7.59. The smallest absolute Gasteiger partial charge is 0.264 e. The van der Waals surface area contributed by atoms with Crippen molar-refractivity contribution in [2.24, 2.45) is 0 Å². The van der Waals surface area contributed by atoms with Crippen molar-refractivity contribution in [1.82, 2.24) is 14.9 Å². The van der Waals surface area contributed by atoms with Crippen LogP contribution in [-0.4, -0.2) is 50.5 Å². The van der Waals surface area contributed by atoms with Gasteiger partial charge >= 0.3 is 0 Å². The van der Waals surface area contributed by atoms with E-state index in [0.29, 0.717) is 29.7 Å². The van der Waals surface area contributed by atoms with Crippen molar-refractivity contribution in [3.8, 4) is 0 Å². The van der Waals surface area contributed by atoms with Gasteiger partial charge in [0.15, 0.2) is 5.13 Å². The Hall–Kier alpha value is -2.20. The quantitative estimate of drug-likeness (QED) is 0.490. The molecular formula is C21H24ClN5O2S2. The van der Waals surface area contributed by atoms with E-state index in [4.69, 9.17) is 11.6 Å². The number of sulfonamides is 1. The first-order valence-electron chi connectivity index (χ1n) is 9.98. The van der Waals surface area contributed by atoms with Gasteiger partial charge in [-0.15, -0.1) is 11.3 Å². The summed E-state index contributed by atoms with van der Waals surface area (Å²) in [4.78, 5) is 12.2. The van der Waals surface area contributed by atoms with E-state index in [9.17, 15) is 8.42 Å². The summed E-state index contributed by atoms with van der Waals surface area (Å²) >= 11 is 7.80. The van der Waals surface area contributed by atoms with Crippen molar-refractivity contribution in [3.63, 3.8) is 0 Å². The Morgan fingerprint density at radius 2 is 1.87 bits per heavy atom. The molecule has 0 unspecified atom stereocenters. The van der Waals surface area contributed by atoms with E-state index in [0.717, 1.165) is 25.0 Å². The van der Waals surface area contributed by atoms with Crippen LogP contribution in [0.25, 0.3) is 0 Å². The monoisotopic (exact) mass is 477 g/mol. The van der Waals surface area contributed by atoms with Crippen LogP contribution in [0.2, 0.25) is 5.15 Å². The molecule has 0 fully saturated rings. The lowest BCUT2D eigenvalue weighted by atomic mass is 10.3. The van der Waals surface area contributed by atoms with Gasteiger partial charge in [-0.25, -0.2) is 18.4 Å². The Balaban J connectivity index is 1.66. The normalized spacial score (nSPS) is 13.4. The number of nitrogens with zero attached hydrogens (tertiary/aromatic N) is 4. The Bertz CT molecular complexity index is 1140. The first kappa shape index (κ1) is 22.0. The lowest BCUT2D eigenvalue weighted by Gasteiger charge is -2.26. The molecule has 2 aromatic heterocycles. The number of benzene rings is 1. The molecule has 31 heavy (non-hydrogen) atoms. The Kier molecular flexibility index (Phi) is 6.47. The van der Waals surface area contributed by atoms with Crippen LogP contribution < -0.4 is 9.62 Å². The number of para-hydroxylation sites is 1. The molecule has 2 heterocycles. The molecule has 0 spiro atoms. The maximum atomic E-state index is 13.6. The number of nitrogens with one attached hydrogen (secondary N) is 1. The number of hydrogen-bond acceptors (Lipinski definition) is 7. The fourth-order valence-corrected chi connectivity index (χ4v) is 6.27. The molecule has 0 atom stereocenters. The minimum absolute atomic E-state index is 0.0849. The molecule has 0 aliphatic heterocycles. The zero-order chi connectivity index (χ0) is 22.0. The molecule has 7 nitrogen and oxygen atoms in total. The van der Waals surface area contributed by atoms with Gasteiger partial charge in [-0.3, -0.25) is 4.31 Å². The number of aromatic nitrogens is 2. The molecule has 1 aliphatic carbocycles. The van der Waals surface area contributed by atoms with Crippen LogP contribution in [0.3, 0.4) is 0 Å². The van der Waals surface area contributed by atoms with Gasteiger partial charge in [0, 0.05) is 24.0 Å². The van der Waals surface area contributed by atoms with Gasteiger partial charge in [-0.05, 0) is 51.6 Å². The molecule has 1 aromatic carbocycles. The number of thiazole rings is 1. The van der Waals surface area contributed by atoms with E-state index in [2.05, 4.69) is 15.3 Å². The molecule has 0 amide bonds. The summed E-state index contributed by atoms with van der Waals surface area (Å²) < 4.78 is 28.6. The van der Waals surface area contributed by atoms with Crippen LogP contribution in [0.15, 0.2) is 47.4 Å². The van der Waals surface area contributed by atoms with E-state index < -0.39 is 10.0 Å². The molecular weight excluding hydrogens is 454 g/mol. The number of likely N-dealkylation sites (N-methyl/N-ethyl adjacent to an activating group) is 1. The van der Waals surface area contributed by atoms with Gasteiger partial charge in [0.25, 0.3) is 10.0 Å². The van der Waals surface area contributed by atoms with E-state index in [1.165, 1.54) is 21.3 Å². The van der Waals surface area contributed by atoms with Crippen LogP contribution in [0.4, 0.5) is 16.6 Å². The number of rotatable bonds is 8. The summed E-state index contributed by atoms with van der Waals surface area (Å²) in [6, 6.07) is 12.0. The van der Waals surface area contributed by atoms with Crippen molar-refractivity contribution >= 4 is 49.6 Å². The highest BCUT2D eigenvalue weighted by Gasteiger charge is 2.26. The Morgan fingerprint density at radius 3 is 2.58 bits per heavy atom. The second-order valence-corrected chi connectivity index (χ2v) is 10.9. The fourth-order valence-electron chi connectivity index (χ4n) is 3.44. The highest BCUT2D eigenvalue weighted by molar-refractivity contribution is 7.92. The van der Waals surface area contributed by atoms with Crippen LogP contribution >= 0.6 is 22.9 Å². The first-order chi connectivity index (χ1) is 14.8. The minimum Gasteiger partial charge on any atom is -0.316 e. The summed E-state index contributed by atoms with van der Waals surface area (Å²) in [6.07, 6.45) is 3.15. The number of pyridine rings is 1. The third-order valence-corrected chi connectivity index (χ3v) is 8.05. The lowest BCUT2D eigenvalue weighted by Crippen LogP contribution is -2.36. The van der Waals surface area contributed by atoms with Crippen LogP contribution in [0.1, 0.15) is 17.0 Å². The highest BCUT2D eigenvalue weighted by Crippen LogP contribution is 2.33. The molecule has 0 radical (unpaired) electrons. The molecule has 164 valence electrons. The highest BCUT2D eigenvalue weighted by atomic mass is 35.5. The molecule has 0 saturated carbocycles. The molecule has 1 N–H and O–H groups in total. The summed E-state index contributed by atoms with van der Waals surface area (Å²) in [6.45, 7) is 0.879. The van der Waals surface area contributed by atoms with Crippen molar-refractivity contribution in [2.45, 2.75) is 24.2 Å². The van der Waals surface area contributed by atoms with E-state index in [1.54, 1.807) is 23.5 Å². The predicted molar refractivity (Wildman–Crippen MR) is 126 cm³/mol. The number of halogens is 1. The zero-order valence-electron chi connectivity index (χ0n) is 17.4.